The number of rotatable bonds is 6. The average molecular weight is 342 g/mol. The van der Waals surface area contributed by atoms with Crippen molar-refractivity contribution in [2.24, 2.45) is 0 Å². The Morgan fingerprint density at radius 3 is 0.812 bits per heavy atom. The van der Waals surface area contributed by atoms with Gasteiger partial charge in [0.1, 0.15) is 0 Å². The predicted octanol–water partition coefficient (Wildman–Crippen LogP) is 3.53. The molecule has 0 aromatic rings. The van der Waals surface area contributed by atoms with E-state index in [2.05, 4.69) is 58.9 Å². The van der Waals surface area contributed by atoms with Crippen molar-refractivity contribution >= 4 is 40.6 Å². The van der Waals surface area contributed by atoms with E-state index >= 15 is 0 Å². The molecule has 0 spiro atoms. The molecule has 0 unspecified atom stereocenters. The number of hydrogen-bond donors (Lipinski definition) is 0. The monoisotopic (exact) mass is 342 g/mol. The minimum atomic E-state index is -2.00. The van der Waals surface area contributed by atoms with E-state index in [-0.39, 0.29) is 0 Å². The molecule has 0 aliphatic rings. The van der Waals surface area contributed by atoms with Crippen LogP contribution in [0.4, 0.5) is 0 Å². The molecule has 98 valence electrons. The van der Waals surface area contributed by atoms with Gasteiger partial charge in [-0.3, -0.25) is 0 Å². The second kappa shape index (κ2) is 5.82. The Labute approximate surface area is 110 Å². The summed E-state index contributed by atoms with van der Waals surface area (Å²) in [5, 5.41) is 0. The molecule has 0 radical (unpaired) electrons. The number of hydrogen-bond acceptors (Lipinski definition) is 3. The van der Waals surface area contributed by atoms with Gasteiger partial charge in [-0.25, -0.2) is 0 Å². The van der Waals surface area contributed by atoms with Gasteiger partial charge in [0.25, 0.3) is 0 Å². The Bertz CT molecular complexity index is 179. The van der Waals surface area contributed by atoms with Crippen LogP contribution < -0.4 is 0 Å². The van der Waals surface area contributed by atoms with Crippen LogP contribution in [-0.2, 0) is 10.2 Å². The van der Waals surface area contributed by atoms with Gasteiger partial charge in [-0.2, -0.15) is 0 Å². The Morgan fingerprint density at radius 1 is 0.500 bits per heavy atom. The molecule has 0 saturated carbocycles. The van der Waals surface area contributed by atoms with Gasteiger partial charge < -0.3 is 0 Å². The van der Waals surface area contributed by atoms with Crippen molar-refractivity contribution in [1.29, 1.82) is 0 Å². The molecular weight excluding hydrogens is 315 g/mol. The van der Waals surface area contributed by atoms with E-state index in [1.807, 2.05) is 0 Å². The maximum absolute atomic E-state index is 6.10. The quantitative estimate of drug-likeness (QED) is 0.691. The first-order valence-corrected chi connectivity index (χ1v) is 18.2. The van der Waals surface area contributed by atoms with Crippen molar-refractivity contribution in [3.05, 3.63) is 0 Å². The molecule has 0 aromatic carbocycles. The standard InChI is InChI=1S/C9H27AsO3Si3/c1-14(2,3)11-10(12-15(4,5)6)13-16(7,8)9/h1-9H3. The zero-order chi connectivity index (χ0) is 13.2. The third-order valence-electron chi connectivity index (χ3n) is 1.05. The molecular formula is C9H27AsO3Si3. The minimum absolute atomic E-state index is 1.56. The van der Waals surface area contributed by atoms with Crippen LogP contribution in [-0.4, -0.2) is 40.6 Å². The fourth-order valence-electron chi connectivity index (χ4n) is 0.727. The summed E-state index contributed by atoms with van der Waals surface area (Å²) in [5.74, 6) is 0. The van der Waals surface area contributed by atoms with Gasteiger partial charge in [0.05, 0.1) is 0 Å². The summed E-state index contributed by atoms with van der Waals surface area (Å²) in [5.41, 5.74) is 0. The molecule has 0 bridgehead atoms. The summed E-state index contributed by atoms with van der Waals surface area (Å²) in [6, 6.07) is 0. The Kier molecular flexibility index (Phi) is 6.22. The van der Waals surface area contributed by atoms with E-state index < -0.39 is 40.6 Å². The summed E-state index contributed by atoms with van der Waals surface area (Å²) in [7, 11) is -4.68. The summed E-state index contributed by atoms with van der Waals surface area (Å²) in [6.07, 6.45) is 0. The molecule has 0 aliphatic heterocycles. The zero-order valence-corrected chi connectivity index (χ0v) is 17.0. The van der Waals surface area contributed by atoms with Gasteiger partial charge >= 0.3 is 110 Å². The molecule has 0 fully saturated rings. The van der Waals surface area contributed by atoms with Gasteiger partial charge in [-0.05, 0) is 0 Å². The van der Waals surface area contributed by atoms with Crippen LogP contribution >= 0.6 is 0 Å². The zero-order valence-electron chi connectivity index (χ0n) is 12.2. The van der Waals surface area contributed by atoms with E-state index in [9.17, 15) is 0 Å². The van der Waals surface area contributed by atoms with Crippen molar-refractivity contribution in [1.82, 2.24) is 0 Å². The first-order valence-electron chi connectivity index (χ1n) is 5.66. The third kappa shape index (κ3) is 11.6. The van der Waals surface area contributed by atoms with Gasteiger partial charge in [-0.1, -0.05) is 0 Å². The Balaban J connectivity index is 4.53. The molecule has 16 heavy (non-hydrogen) atoms. The van der Waals surface area contributed by atoms with E-state index in [4.69, 9.17) is 10.2 Å². The Hall–Kier alpha value is 1.09. The summed E-state index contributed by atoms with van der Waals surface area (Å²) >= 11 is -2.00. The van der Waals surface area contributed by atoms with Crippen LogP contribution in [0.3, 0.4) is 0 Å². The predicted molar refractivity (Wildman–Crippen MR) is 79.0 cm³/mol. The van der Waals surface area contributed by atoms with Crippen LogP contribution in [0.2, 0.25) is 58.9 Å². The summed E-state index contributed by atoms with van der Waals surface area (Å²) in [6.45, 7) is 19.7. The average Bonchev–Trinajstić information content (AvgIpc) is 1.70. The molecule has 0 atom stereocenters. The molecule has 0 amide bonds. The summed E-state index contributed by atoms with van der Waals surface area (Å²) in [4.78, 5) is 0. The first kappa shape index (κ1) is 17.1. The summed E-state index contributed by atoms with van der Waals surface area (Å²) < 4.78 is 18.3. The SMILES string of the molecule is C[Si](C)(C)O[As](O[Si](C)(C)C)O[Si](C)(C)C. The molecule has 0 N–H and O–H groups in total. The van der Waals surface area contributed by atoms with Crippen LogP contribution in [0, 0.1) is 0 Å². The van der Waals surface area contributed by atoms with E-state index in [0.717, 1.165) is 0 Å². The molecule has 0 heterocycles. The van der Waals surface area contributed by atoms with E-state index in [0.29, 0.717) is 0 Å². The molecule has 3 nitrogen and oxygen atoms in total. The van der Waals surface area contributed by atoms with Crippen molar-refractivity contribution in [3.63, 3.8) is 0 Å². The van der Waals surface area contributed by atoms with Crippen LogP contribution in [0.15, 0.2) is 0 Å². The molecule has 7 heteroatoms. The maximum atomic E-state index is 6.10. The van der Waals surface area contributed by atoms with E-state index in [1.165, 1.54) is 0 Å². The van der Waals surface area contributed by atoms with Crippen molar-refractivity contribution < 1.29 is 10.2 Å². The van der Waals surface area contributed by atoms with Gasteiger partial charge in [0.15, 0.2) is 0 Å². The Morgan fingerprint density at radius 2 is 0.688 bits per heavy atom. The van der Waals surface area contributed by atoms with Gasteiger partial charge in [-0.15, -0.1) is 0 Å². The van der Waals surface area contributed by atoms with Crippen LogP contribution in [0.25, 0.3) is 0 Å². The van der Waals surface area contributed by atoms with Crippen molar-refractivity contribution in [2.75, 3.05) is 0 Å². The normalized spacial score (nSPS) is 14.6. The van der Waals surface area contributed by atoms with Crippen LogP contribution in [0.5, 0.6) is 0 Å². The van der Waals surface area contributed by atoms with Crippen LogP contribution in [0.1, 0.15) is 0 Å². The molecule has 0 aliphatic carbocycles. The topological polar surface area (TPSA) is 27.7 Å². The fraction of sp³-hybridized carbons (Fsp3) is 1.00. The second-order valence-electron chi connectivity index (χ2n) is 6.83. The third-order valence-corrected chi connectivity index (χ3v) is 16.3. The van der Waals surface area contributed by atoms with Crippen molar-refractivity contribution in [3.8, 4) is 0 Å². The second-order valence-corrected chi connectivity index (χ2v) is 24.4. The fourth-order valence-corrected chi connectivity index (χ4v) is 13.1. The first-order chi connectivity index (χ1) is 6.79. The van der Waals surface area contributed by atoms with Crippen molar-refractivity contribution in [2.45, 2.75) is 58.9 Å². The molecule has 0 saturated heterocycles. The molecule has 0 aromatic heterocycles. The van der Waals surface area contributed by atoms with Gasteiger partial charge in [0, 0.05) is 0 Å². The van der Waals surface area contributed by atoms with E-state index in [1.54, 1.807) is 0 Å². The molecule has 0 rings (SSSR count). The van der Waals surface area contributed by atoms with Gasteiger partial charge in [0.2, 0.25) is 0 Å².